The van der Waals surface area contributed by atoms with E-state index in [0.717, 1.165) is 22.3 Å². The average molecular weight is 329 g/mol. The van der Waals surface area contributed by atoms with Gasteiger partial charge in [0.15, 0.2) is 6.61 Å². The van der Waals surface area contributed by atoms with Crippen molar-refractivity contribution in [2.24, 2.45) is 0 Å². The van der Waals surface area contributed by atoms with Gasteiger partial charge < -0.3 is 15.4 Å². The van der Waals surface area contributed by atoms with Gasteiger partial charge in [-0.1, -0.05) is 22.9 Å². The minimum absolute atomic E-state index is 0.0430. The third kappa shape index (κ3) is 5.20. The molecule has 1 aromatic rings. The first-order valence-electron chi connectivity index (χ1n) is 6.50. The van der Waals surface area contributed by atoms with Crippen LogP contribution in [0.5, 0.6) is 5.75 Å². The number of hydrogen-bond acceptors (Lipinski definition) is 3. The summed E-state index contributed by atoms with van der Waals surface area (Å²) in [7, 11) is 0. The molecule has 19 heavy (non-hydrogen) atoms. The Morgan fingerprint density at radius 3 is 2.74 bits per heavy atom. The minimum Gasteiger partial charge on any atom is -0.483 e. The predicted octanol–water partition coefficient (Wildman–Crippen LogP) is 2.63. The topological polar surface area (TPSA) is 50.4 Å². The zero-order chi connectivity index (χ0) is 14.3. The zero-order valence-corrected chi connectivity index (χ0v) is 13.2. The first-order chi connectivity index (χ1) is 9.08. The van der Waals surface area contributed by atoms with Gasteiger partial charge in [-0.25, -0.2) is 0 Å². The molecule has 0 saturated heterocycles. The van der Waals surface area contributed by atoms with Gasteiger partial charge in [-0.05, 0) is 38.6 Å². The second-order valence-electron chi connectivity index (χ2n) is 4.20. The van der Waals surface area contributed by atoms with E-state index in [4.69, 9.17) is 4.74 Å². The molecule has 0 saturated carbocycles. The molecule has 1 atom stereocenters. The standard InChI is InChI=1S/C14H21BrN2O2/c1-4-16-10(3)12-8-11(15)6-7-13(12)19-9-14(18)17-5-2/h6-8,10,16H,4-5,9H2,1-3H3,(H,17,18). The lowest BCUT2D eigenvalue weighted by Gasteiger charge is -2.18. The molecule has 0 aliphatic rings. The first-order valence-corrected chi connectivity index (χ1v) is 7.30. The predicted molar refractivity (Wildman–Crippen MR) is 80.4 cm³/mol. The van der Waals surface area contributed by atoms with Crippen LogP contribution in [0.25, 0.3) is 0 Å². The Labute approximate surface area is 123 Å². The molecule has 0 radical (unpaired) electrons. The van der Waals surface area contributed by atoms with Crippen LogP contribution in [-0.4, -0.2) is 25.6 Å². The molecule has 0 heterocycles. The highest BCUT2D eigenvalue weighted by molar-refractivity contribution is 9.10. The van der Waals surface area contributed by atoms with Gasteiger partial charge in [0.05, 0.1) is 0 Å². The van der Waals surface area contributed by atoms with E-state index >= 15 is 0 Å². The number of amides is 1. The minimum atomic E-state index is -0.104. The van der Waals surface area contributed by atoms with Crippen molar-refractivity contribution in [3.63, 3.8) is 0 Å². The molecule has 1 rings (SSSR count). The average Bonchev–Trinajstić information content (AvgIpc) is 2.38. The maximum Gasteiger partial charge on any atom is 0.257 e. The smallest absolute Gasteiger partial charge is 0.257 e. The highest BCUT2D eigenvalue weighted by Crippen LogP contribution is 2.28. The molecule has 0 fully saturated rings. The summed E-state index contributed by atoms with van der Waals surface area (Å²) in [5, 5.41) is 6.05. The van der Waals surface area contributed by atoms with E-state index in [2.05, 4.69) is 40.4 Å². The molecule has 2 N–H and O–H groups in total. The Hall–Kier alpha value is -1.07. The number of ether oxygens (including phenoxy) is 1. The highest BCUT2D eigenvalue weighted by Gasteiger charge is 2.12. The van der Waals surface area contributed by atoms with Crippen LogP contribution in [0.3, 0.4) is 0 Å². The van der Waals surface area contributed by atoms with E-state index in [1.807, 2.05) is 25.1 Å². The molecule has 0 bridgehead atoms. The van der Waals surface area contributed by atoms with Crippen LogP contribution in [0.15, 0.2) is 22.7 Å². The summed E-state index contributed by atoms with van der Waals surface area (Å²) in [5.74, 6) is 0.635. The normalized spacial score (nSPS) is 12.0. The van der Waals surface area contributed by atoms with Gasteiger partial charge >= 0.3 is 0 Å². The van der Waals surface area contributed by atoms with E-state index in [1.54, 1.807) is 0 Å². The molecule has 1 amide bonds. The Morgan fingerprint density at radius 2 is 2.11 bits per heavy atom. The van der Waals surface area contributed by atoms with Crippen molar-refractivity contribution in [3.8, 4) is 5.75 Å². The van der Waals surface area contributed by atoms with Crippen LogP contribution >= 0.6 is 15.9 Å². The number of hydrogen-bond donors (Lipinski definition) is 2. The van der Waals surface area contributed by atoms with Gasteiger partial charge in [-0.2, -0.15) is 0 Å². The van der Waals surface area contributed by atoms with Gasteiger partial charge in [0.1, 0.15) is 5.75 Å². The van der Waals surface area contributed by atoms with E-state index < -0.39 is 0 Å². The summed E-state index contributed by atoms with van der Waals surface area (Å²) in [4.78, 5) is 11.4. The van der Waals surface area contributed by atoms with Crippen LogP contribution in [0.1, 0.15) is 32.4 Å². The van der Waals surface area contributed by atoms with Crippen LogP contribution in [0.4, 0.5) is 0 Å². The van der Waals surface area contributed by atoms with E-state index in [9.17, 15) is 4.79 Å². The van der Waals surface area contributed by atoms with Gasteiger partial charge in [0.25, 0.3) is 5.91 Å². The lowest BCUT2D eigenvalue weighted by Crippen LogP contribution is -2.29. The van der Waals surface area contributed by atoms with Crippen molar-refractivity contribution in [1.29, 1.82) is 0 Å². The van der Waals surface area contributed by atoms with E-state index in [0.29, 0.717) is 6.54 Å². The summed E-state index contributed by atoms with van der Waals surface area (Å²) < 4.78 is 6.60. The summed E-state index contributed by atoms with van der Waals surface area (Å²) >= 11 is 3.46. The second-order valence-corrected chi connectivity index (χ2v) is 5.12. The fourth-order valence-corrected chi connectivity index (χ4v) is 2.18. The Morgan fingerprint density at radius 1 is 1.37 bits per heavy atom. The van der Waals surface area contributed by atoms with E-state index in [-0.39, 0.29) is 18.6 Å². The molecule has 0 aliphatic carbocycles. The Bertz CT molecular complexity index is 424. The Kier molecular flexibility index (Phi) is 6.87. The maximum atomic E-state index is 11.4. The molecule has 1 aromatic carbocycles. The first kappa shape index (κ1) is 16.0. The molecule has 0 aromatic heterocycles. The van der Waals surface area contributed by atoms with Crippen molar-refractivity contribution < 1.29 is 9.53 Å². The summed E-state index contributed by atoms with van der Waals surface area (Å²) in [6, 6.07) is 5.98. The number of carbonyl (C=O) groups excluding carboxylic acids is 1. The lowest BCUT2D eigenvalue weighted by molar-refractivity contribution is -0.123. The van der Waals surface area contributed by atoms with Crippen LogP contribution in [0.2, 0.25) is 0 Å². The molecule has 106 valence electrons. The third-order valence-electron chi connectivity index (χ3n) is 2.68. The molecular weight excluding hydrogens is 308 g/mol. The molecular formula is C14H21BrN2O2. The van der Waals surface area contributed by atoms with E-state index in [1.165, 1.54) is 0 Å². The zero-order valence-electron chi connectivity index (χ0n) is 11.6. The van der Waals surface area contributed by atoms with Gasteiger partial charge in [-0.3, -0.25) is 4.79 Å². The second kappa shape index (κ2) is 8.17. The van der Waals surface area contributed by atoms with Crippen molar-refractivity contribution >= 4 is 21.8 Å². The van der Waals surface area contributed by atoms with Gasteiger partial charge in [-0.15, -0.1) is 0 Å². The number of rotatable bonds is 7. The molecule has 1 unspecified atom stereocenters. The Balaban J connectivity index is 2.78. The van der Waals surface area contributed by atoms with Crippen molar-refractivity contribution in [1.82, 2.24) is 10.6 Å². The number of carbonyl (C=O) groups is 1. The largest absolute Gasteiger partial charge is 0.483 e. The molecule has 0 aliphatic heterocycles. The summed E-state index contributed by atoms with van der Waals surface area (Å²) in [5.41, 5.74) is 1.04. The monoisotopic (exact) mass is 328 g/mol. The summed E-state index contributed by atoms with van der Waals surface area (Å²) in [6.07, 6.45) is 0. The lowest BCUT2D eigenvalue weighted by atomic mass is 10.1. The molecule has 4 nitrogen and oxygen atoms in total. The van der Waals surface area contributed by atoms with Crippen molar-refractivity contribution in [3.05, 3.63) is 28.2 Å². The van der Waals surface area contributed by atoms with Crippen LogP contribution < -0.4 is 15.4 Å². The number of nitrogens with one attached hydrogen (secondary N) is 2. The van der Waals surface area contributed by atoms with Crippen LogP contribution in [0, 0.1) is 0 Å². The fraction of sp³-hybridized carbons (Fsp3) is 0.500. The fourth-order valence-electron chi connectivity index (χ4n) is 1.80. The number of halogens is 1. The maximum absolute atomic E-state index is 11.4. The van der Waals surface area contributed by atoms with Crippen molar-refractivity contribution in [2.75, 3.05) is 19.7 Å². The van der Waals surface area contributed by atoms with Crippen LogP contribution in [-0.2, 0) is 4.79 Å². The highest BCUT2D eigenvalue weighted by atomic mass is 79.9. The number of likely N-dealkylation sites (N-methyl/N-ethyl adjacent to an activating group) is 1. The summed E-state index contributed by atoms with van der Waals surface area (Å²) in [6.45, 7) is 7.55. The molecule has 5 heteroatoms. The number of benzene rings is 1. The van der Waals surface area contributed by atoms with Crippen molar-refractivity contribution in [2.45, 2.75) is 26.8 Å². The van der Waals surface area contributed by atoms with Gasteiger partial charge in [0.2, 0.25) is 0 Å². The third-order valence-corrected chi connectivity index (χ3v) is 3.17. The molecule has 0 spiro atoms. The SMILES string of the molecule is CCNC(=O)COc1ccc(Br)cc1C(C)NCC. The quantitative estimate of drug-likeness (QED) is 0.809. The van der Waals surface area contributed by atoms with Gasteiger partial charge in [0, 0.05) is 22.6 Å².